The zero-order valence-corrected chi connectivity index (χ0v) is 14.8. The van der Waals surface area contributed by atoms with Gasteiger partial charge in [0, 0.05) is 17.8 Å². The highest BCUT2D eigenvalue weighted by Gasteiger charge is 2.35. The van der Waals surface area contributed by atoms with E-state index in [0.29, 0.717) is 0 Å². The second-order valence-electron chi connectivity index (χ2n) is 5.97. The van der Waals surface area contributed by atoms with Gasteiger partial charge in [-0.25, -0.2) is 13.2 Å². The Hall–Kier alpha value is -3.30. The smallest absolute Gasteiger partial charge is 0.322 e. The predicted octanol–water partition coefficient (Wildman–Crippen LogP) is 5.26. The van der Waals surface area contributed by atoms with Crippen LogP contribution in [-0.2, 0) is 12.7 Å². The maximum absolute atomic E-state index is 14.5. The lowest BCUT2D eigenvalue weighted by atomic mass is 10.1. The maximum atomic E-state index is 14.5. The molecule has 29 heavy (non-hydrogen) atoms. The summed E-state index contributed by atoms with van der Waals surface area (Å²) in [5, 5.41) is 5.58. The summed E-state index contributed by atoms with van der Waals surface area (Å²) < 4.78 is 81.6. The minimum Gasteiger partial charge on any atom is -0.322 e. The van der Waals surface area contributed by atoms with Crippen molar-refractivity contribution in [3.05, 3.63) is 71.2 Å². The summed E-state index contributed by atoms with van der Waals surface area (Å²) in [6.45, 7) is 1.61. The molecule has 10 heteroatoms. The van der Waals surface area contributed by atoms with E-state index in [4.69, 9.17) is 0 Å². The number of aromatic nitrogens is 2. The molecule has 0 saturated heterocycles. The average Bonchev–Trinajstić information content (AvgIpc) is 3.06. The highest BCUT2D eigenvalue weighted by molar-refractivity contribution is 6.04. The lowest BCUT2D eigenvalue weighted by Gasteiger charge is -2.10. The second kappa shape index (κ2) is 7.61. The van der Waals surface area contributed by atoms with Gasteiger partial charge in [-0.1, -0.05) is 6.07 Å². The van der Waals surface area contributed by atoms with Crippen LogP contribution in [0.25, 0.3) is 11.3 Å². The van der Waals surface area contributed by atoms with Crippen LogP contribution < -0.4 is 5.32 Å². The van der Waals surface area contributed by atoms with E-state index in [-0.39, 0.29) is 23.5 Å². The van der Waals surface area contributed by atoms with Gasteiger partial charge in [0.05, 0.1) is 5.69 Å². The standard InChI is InChI=1S/C19H13F6N3O/c1-2-28-15(9-16(27-28)19(23,24)25)11-7-6-10(8-14(11)22)26-18(29)17-12(20)4-3-5-13(17)21/h3-9H,2H2,1H3,(H,26,29). The van der Waals surface area contributed by atoms with Crippen molar-refractivity contribution >= 4 is 11.6 Å². The van der Waals surface area contributed by atoms with Crippen molar-refractivity contribution in [1.82, 2.24) is 9.78 Å². The molecule has 152 valence electrons. The molecule has 0 aliphatic carbocycles. The van der Waals surface area contributed by atoms with E-state index in [0.717, 1.165) is 41.1 Å². The van der Waals surface area contributed by atoms with Crippen molar-refractivity contribution in [2.45, 2.75) is 19.6 Å². The SMILES string of the molecule is CCn1nc(C(F)(F)F)cc1-c1ccc(NC(=O)c2c(F)cccc2F)cc1F. The Morgan fingerprint density at radius 1 is 1.03 bits per heavy atom. The number of carbonyl (C=O) groups excluding carboxylic acids is 1. The molecule has 1 amide bonds. The first-order valence-corrected chi connectivity index (χ1v) is 8.32. The van der Waals surface area contributed by atoms with Crippen molar-refractivity contribution < 1.29 is 31.1 Å². The molecule has 0 radical (unpaired) electrons. The lowest BCUT2D eigenvalue weighted by Crippen LogP contribution is -2.16. The number of aryl methyl sites for hydroxylation is 1. The van der Waals surface area contributed by atoms with Gasteiger partial charge >= 0.3 is 6.18 Å². The van der Waals surface area contributed by atoms with Crippen molar-refractivity contribution in [2.75, 3.05) is 5.32 Å². The summed E-state index contributed by atoms with van der Waals surface area (Å²) in [6, 6.07) is 6.78. The van der Waals surface area contributed by atoms with E-state index in [2.05, 4.69) is 10.4 Å². The third-order valence-corrected chi connectivity index (χ3v) is 4.06. The Kier molecular flexibility index (Phi) is 5.36. The molecule has 0 saturated carbocycles. The Morgan fingerprint density at radius 2 is 1.69 bits per heavy atom. The highest BCUT2D eigenvalue weighted by Crippen LogP contribution is 2.33. The molecule has 0 fully saturated rings. The maximum Gasteiger partial charge on any atom is 0.435 e. The fourth-order valence-electron chi connectivity index (χ4n) is 2.72. The van der Waals surface area contributed by atoms with E-state index in [1.54, 1.807) is 6.92 Å². The van der Waals surface area contributed by atoms with Gasteiger partial charge in [0.1, 0.15) is 23.0 Å². The van der Waals surface area contributed by atoms with E-state index >= 15 is 0 Å². The number of amides is 1. The molecule has 1 heterocycles. The van der Waals surface area contributed by atoms with Crippen LogP contribution in [0.4, 0.5) is 32.0 Å². The van der Waals surface area contributed by atoms with Crippen molar-refractivity contribution in [3.8, 4) is 11.3 Å². The van der Waals surface area contributed by atoms with E-state index in [1.807, 2.05) is 0 Å². The number of nitrogens with zero attached hydrogens (tertiary/aromatic N) is 2. The number of hydrogen-bond acceptors (Lipinski definition) is 2. The Labute approximate surface area is 160 Å². The quantitative estimate of drug-likeness (QED) is 0.594. The van der Waals surface area contributed by atoms with Crippen LogP contribution in [0.1, 0.15) is 23.0 Å². The summed E-state index contributed by atoms with van der Waals surface area (Å²) in [5.74, 6) is -4.26. The molecule has 0 atom stereocenters. The molecule has 3 rings (SSSR count). The Balaban J connectivity index is 1.92. The van der Waals surface area contributed by atoms with Crippen LogP contribution in [-0.4, -0.2) is 15.7 Å². The summed E-state index contributed by atoms with van der Waals surface area (Å²) in [6.07, 6.45) is -4.69. The molecule has 0 unspecified atom stereocenters. The average molecular weight is 413 g/mol. The van der Waals surface area contributed by atoms with Gasteiger partial charge in [0.2, 0.25) is 0 Å². The largest absolute Gasteiger partial charge is 0.435 e. The normalized spacial score (nSPS) is 11.6. The summed E-state index contributed by atoms with van der Waals surface area (Å²) in [5.41, 5.74) is -2.41. The minimum absolute atomic E-state index is 0.0654. The number of anilines is 1. The van der Waals surface area contributed by atoms with Gasteiger partial charge in [-0.3, -0.25) is 9.48 Å². The van der Waals surface area contributed by atoms with Gasteiger partial charge < -0.3 is 5.32 Å². The number of carbonyl (C=O) groups is 1. The number of hydrogen-bond donors (Lipinski definition) is 1. The molecular weight excluding hydrogens is 400 g/mol. The fraction of sp³-hybridized carbons (Fsp3) is 0.158. The molecule has 3 aromatic rings. The number of rotatable bonds is 4. The second-order valence-corrected chi connectivity index (χ2v) is 5.97. The van der Waals surface area contributed by atoms with Crippen LogP contribution in [0.2, 0.25) is 0 Å². The fourth-order valence-corrected chi connectivity index (χ4v) is 2.72. The van der Waals surface area contributed by atoms with Crippen LogP contribution in [0.5, 0.6) is 0 Å². The van der Waals surface area contributed by atoms with E-state index in [1.165, 1.54) is 6.07 Å². The first-order valence-electron chi connectivity index (χ1n) is 8.32. The third-order valence-electron chi connectivity index (χ3n) is 4.06. The minimum atomic E-state index is -4.69. The van der Waals surface area contributed by atoms with Gasteiger partial charge in [-0.05, 0) is 43.3 Å². The molecule has 1 aromatic heterocycles. The highest BCUT2D eigenvalue weighted by atomic mass is 19.4. The summed E-state index contributed by atoms with van der Waals surface area (Å²) >= 11 is 0. The number of halogens is 6. The molecule has 0 aliphatic rings. The molecule has 0 aliphatic heterocycles. The molecule has 2 aromatic carbocycles. The van der Waals surface area contributed by atoms with Crippen molar-refractivity contribution in [3.63, 3.8) is 0 Å². The summed E-state index contributed by atoms with van der Waals surface area (Å²) in [7, 11) is 0. The van der Waals surface area contributed by atoms with E-state index in [9.17, 15) is 31.1 Å². The number of alkyl halides is 3. The molecule has 0 spiro atoms. The summed E-state index contributed by atoms with van der Waals surface area (Å²) in [4.78, 5) is 12.1. The predicted molar refractivity (Wildman–Crippen MR) is 92.6 cm³/mol. The molecule has 4 nitrogen and oxygen atoms in total. The molecule has 1 N–H and O–H groups in total. The molecular formula is C19H13F6N3O. The van der Waals surface area contributed by atoms with Gasteiger partial charge in [0.15, 0.2) is 5.69 Å². The zero-order chi connectivity index (χ0) is 21.3. The monoisotopic (exact) mass is 413 g/mol. The zero-order valence-electron chi connectivity index (χ0n) is 14.8. The number of nitrogens with one attached hydrogen (secondary N) is 1. The Bertz CT molecular complexity index is 1050. The van der Waals surface area contributed by atoms with Gasteiger partial charge in [-0.2, -0.15) is 18.3 Å². The topological polar surface area (TPSA) is 46.9 Å². The first-order chi connectivity index (χ1) is 13.6. The number of benzene rings is 2. The van der Waals surface area contributed by atoms with Crippen LogP contribution in [0.3, 0.4) is 0 Å². The Morgan fingerprint density at radius 3 is 2.24 bits per heavy atom. The van der Waals surface area contributed by atoms with Gasteiger partial charge in [0.25, 0.3) is 5.91 Å². The first kappa shape index (κ1) is 20.4. The lowest BCUT2D eigenvalue weighted by molar-refractivity contribution is -0.141. The van der Waals surface area contributed by atoms with Gasteiger partial charge in [-0.15, -0.1) is 0 Å². The molecule has 0 bridgehead atoms. The van der Waals surface area contributed by atoms with Crippen LogP contribution in [0.15, 0.2) is 42.5 Å². The van der Waals surface area contributed by atoms with E-state index < -0.39 is 40.8 Å². The van der Waals surface area contributed by atoms with Crippen LogP contribution >= 0.6 is 0 Å². The third kappa shape index (κ3) is 4.10. The van der Waals surface area contributed by atoms with Crippen molar-refractivity contribution in [1.29, 1.82) is 0 Å². The van der Waals surface area contributed by atoms with Crippen LogP contribution in [0, 0.1) is 17.5 Å². The van der Waals surface area contributed by atoms with Crippen molar-refractivity contribution in [2.24, 2.45) is 0 Å².